The summed E-state index contributed by atoms with van der Waals surface area (Å²) in [4.78, 5) is 36.4. The minimum absolute atomic E-state index is 0.133. The molecular weight excluding hydrogens is 464 g/mol. The lowest BCUT2D eigenvalue weighted by molar-refractivity contribution is 0.0210. The fourth-order valence-corrected chi connectivity index (χ4v) is 4.41. The highest BCUT2D eigenvalue weighted by molar-refractivity contribution is 7.13. The van der Waals surface area contributed by atoms with Crippen LogP contribution in [0.1, 0.15) is 44.0 Å². The number of piperidine rings is 1. The number of ether oxygens (including phenoxy) is 1. The van der Waals surface area contributed by atoms with Crippen molar-refractivity contribution >= 4 is 40.7 Å². The maximum absolute atomic E-state index is 12.8. The Morgan fingerprint density at radius 2 is 1.86 bits per heavy atom. The van der Waals surface area contributed by atoms with Crippen molar-refractivity contribution in [3.05, 3.63) is 53.7 Å². The predicted molar refractivity (Wildman–Crippen MR) is 139 cm³/mol. The maximum atomic E-state index is 12.8. The number of likely N-dealkylation sites (tertiary alicyclic amines) is 1. The molecule has 0 radical (unpaired) electrons. The van der Waals surface area contributed by atoms with E-state index >= 15 is 0 Å². The number of hydrogen-bond donors (Lipinski definition) is 3. The first kappa shape index (κ1) is 24.5. The van der Waals surface area contributed by atoms with Gasteiger partial charge in [-0.2, -0.15) is 0 Å². The molecule has 0 spiro atoms. The SMILES string of the molecule is CC(C)(C)OC(=O)N1CCC(Nc2ncc(C(=O)Nc3cc(-c4cccs4)ccc3N)cn2)CC1. The van der Waals surface area contributed by atoms with E-state index in [0.717, 1.165) is 23.3 Å². The van der Waals surface area contributed by atoms with Crippen molar-refractivity contribution in [2.75, 3.05) is 29.5 Å². The van der Waals surface area contributed by atoms with Crippen molar-refractivity contribution in [2.24, 2.45) is 0 Å². The molecule has 0 saturated carbocycles. The van der Waals surface area contributed by atoms with Crippen molar-refractivity contribution in [2.45, 2.75) is 45.3 Å². The summed E-state index contributed by atoms with van der Waals surface area (Å²) in [7, 11) is 0. The van der Waals surface area contributed by atoms with E-state index in [0.29, 0.717) is 36.0 Å². The number of amides is 2. The molecule has 1 fully saturated rings. The van der Waals surface area contributed by atoms with Gasteiger partial charge in [-0.05, 0) is 62.8 Å². The highest BCUT2D eigenvalue weighted by Crippen LogP contribution is 2.30. The van der Waals surface area contributed by atoms with Crippen LogP contribution >= 0.6 is 11.3 Å². The Balaban J connectivity index is 1.31. The number of thiophene rings is 1. The van der Waals surface area contributed by atoms with Gasteiger partial charge in [-0.1, -0.05) is 12.1 Å². The van der Waals surface area contributed by atoms with Gasteiger partial charge in [0, 0.05) is 36.4 Å². The molecule has 3 aromatic rings. The molecule has 1 aromatic carbocycles. The summed E-state index contributed by atoms with van der Waals surface area (Å²) < 4.78 is 5.44. The van der Waals surface area contributed by atoms with Crippen LogP contribution in [0.15, 0.2) is 48.1 Å². The first-order valence-electron chi connectivity index (χ1n) is 11.5. The molecule has 2 aromatic heterocycles. The molecule has 0 aliphatic carbocycles. The van der Waals surface area contributed by atoms with Crippen LogP contribution in [0.2, 0.25) is 0 Å². The van der Waals surface area contributed by atoms with Crippen LogP contribution in [-0.2, 0) is 4.74 Å². The van der Waals surface area contributed by atoms with Crippen molar-refractivity contribution in [3.63, 3.8) is 0 Å². The molecule has 4 rings (SSSR count). The highest BCUT2D eigenvalue weighted by atomic mass is 32.1. The van der Waals surface area contributed by atoms with E-state index in [4.69, 9.17) is 10.5 Å². The first-order chi connectivity index (χ1) is 16.7. The average Bonchev–Trinajstić information content (AvgIpc) is 3.35. The van der Waals surface area contributed by atoms with Crippen LogP contribution in [0.5, 0.6) is 0 Å². The molecule has 0 unspecified atom stereocenters. The van der Waals surface area contributed by atoms with E-state index < -0.39 is 5.60 Å². The minimum atomic E-state index is -0.507. The number of rotatable bonds is 5. The number of hydrogen-bond acceptors (Lipinski definition) is 8. The standard InChI is InChI=1S/C25H30N6O3S/c1-25(2,3)34-24(33)31-10-8-18(9-11-31)29-23-27-14-17(15-28-23)22(32)30-20-13-16(6-7-19(20)26)21-5-4-12-35-21/h4-7,12-15,18H,8-11,26H2,1-3H3,(H,30,32)(H,27,28,29). The summed E-state index contributed by atoms with van der Waals surface area (Å²) in [5, 5.41) is 8.14. The van der Waals surface area contributed by atoms with Gasteiger partial charge in [-0.25, -0.2) is 14.8 Å². The predicted octanol–water partition coefficient (Wildman–Crippen LogP) is 4.85. The third-order valence-electron chi connectivity index (χ3n) is 5.50. The average molecular weight is 495 g/mol. The van der Waals surface area contributed by atoms with Gasteiger partial charge >= 0.3 is 6.09 Å². The number of nitrogen functional groups attached to an aromatic ring is 1. The lowest BCUT2D eigenvalue weighted by Gasteiger charge is -2.33. The van der Waals surface area contributed by atoms with Gasteiger partial charge in [0.15, 0.2) is 0 Å². The van der Waals surface area contributed by atoms with Crippen molar-refractivity contribution in [3.8, 4) is 10.4 Å². The van der Waals surface area contributed by atoms with Crippen LogP contribution in [0, 0.1) is 0 Å². The lowest BCUT2D eigenvalue weighted by Crippen LogP contribution is -2.44. The zero-order chi connectivity index (χ0) is 25.0. The fraction of sp³-hybridized carbons (Fsp3) is 0.360. The second-order valence-corrected chi connectivity index (χ2v) is 10.4. The molecule has 1 aliphatic rings. The highest BCUT2D eigenvalue weighted by Gasteiger charge is 2.27. The number of nitrogens with one attached hydrogen (secondary N) is 2. The largest absolute Gasteiger partial charge is 0.444 e. The fourth-order valence-electron chi connectivity index (χ4n) is 3.69. The second-order valence-electron chi connectivity index (χ2n) is 9.41. The Kier molecular flexibility index (Phi) is 7.20. The zero-order valence-corrected chi connectivity index (χ0v) is 20.9. The monoisotopic (exact) mass is 494 g/mol. The third kappa shape index (κ3) is 6.48. The number of benzene rings is 1. The topological polar surface area (TPSA) is 122 Å². The molecule has 9 nitrogen and oxygen atoms in total. The lowest BCUT2D eigenvalue weighted by atomic mass is 10.1. The van der Waals surface area contributed by atoms with Crippen LogP contribution < -0.4 is 16.4 Å². The normalized spacial score (nSPS) is 14.4. The van der Waals surface area contributed by atoms with E-state index in [1.165, 1.54) is 12.4 Å². The molecule has 0 bridgehead atoms. The van der Waals surface area contributed by atoms with Crippen LogP contribution in [0.4, 0.5) is 22.1 Å². The van der Waals surface area contributed by atoms with Gasteiger partial charge in [-0.15, -0.1) is 11.3 Å². The quantitative estimate of drug-likeness (QED) is 0.433. The Morgan fingerprint density at radius 1 is 1.14 bits per heavy atom. The third-order valence-corrected chi connectivity index (χ3v) is 6.42. The molecule has 35 heavy (non-hydrogen) atoms. The van der Waals surface area contributed by atoms with Crippen molar-refractivity contribution in [1.82, 2.24) is 14.9 Å². The molecule has 2 amide bonds. The Bertz CT molecular complexity index is 1170. The van der Waals surface area contributed by atoms with Gasteiger partial charge in [0.2, 0.25) is 5.95 Å². The van der Waals surface area contributed by atoms with Crippen LogP contribution in [-0.4, -0.2) is 51.6 Å². The molecule has 0 atom stereocenters. The van der Waals surface area contributed by atoms with Gasteiger partial charge in [0.1, 0.15) is 5.60 Å². The number of aromatic nitrogens is 2. The Hall–Kier alpha value is -3.66. The molecule has 1 aliphatic heterocycles. The molecule has 184 valence electrons. The Labute approximate surface area is 208 Å². The van der Waals surface area contributed by atoms with Crippen LogP contribution in [0.25, 0.3) is 10.4 Å². The summed E-state index contributed by atoms with van der Waals surface area (Å²) in [5.74, 6) is 0.105. The summed E-state index contributed by atoms with van der Waals surface area (Å²) in [6.45, 7) is 6.77. The van der Waals surface area contributed by atoms with Crippen molar-refractivity contribution < 1.29 is 14.3 Å². The van der Waals surface area contributed by atoms with E-state index in [-0.39, 0.29) is 18.0 Å². The smallest absolute Gasteiger partial charge is 0.410 e. The van der Waals surface area contributed by atoms with Crippen molar-refractivity contribution in [1.29, 1.82) is 0 Å². The molecule has 10 heteroatoms. The molecular formula is C25H30N6O3S. The van der Waals surface area contributed by atoms with Gasteiger partial charge in [0.25, 0.3) is 5.91 Å². The summed E-state index contributed by atoms with van der Waals surface area (Å²) in [6, 6.07) is 9.70. The summed E-state index contributed by atoms with van der Waals surface area (Å²) >= 11 is 1.62. The van der Waals surface area contributed by atoms with E-state index in [1.807, 2.05) is 50.4 Å². The van der Waals surface area contributed by atoms with Gasteiger partial charge in [-0.3, -0.25) is 4.79 Å². The number of nitrogens with zero attached hydrogens (tertiary/aromatic N) is 3. The van der Waals surface area contributed by atoms with E-state index in [9.17, 15) is 9.59 Å². The molecule has 4 N–H and O–H groups in total. The number of nitrogens with two attached hydrogens (primary N) is 1. The van der Waals surface area contributed by atoms with Gasteiger partial charge in [0.05, 0.1) is 16.9 Å². The Morgan fingerprint density at radius 3 is 2.49 bits per heavy atom. The zero-order valence-electron chi connectivity index (χ0n) is 20.1. The molecule has 1 saturated heterocycles. The van der Waals surface area contributed by atoms with Gasteiger partial charge < -0.3 is 26.0 Å². The summed E-state index contributed by atoms with van der Waals surface area (Å²) in [5.41, 5.74) is 7.90. The molecule has 3 heterocycles. The van der Waals surface area contributed by atoms with Crippen LogP contribution in [0.3, 0.4) is 0 Å². The number of carbonyl (C=O) groups is 2. The first-order valence-corrected chi connectivity index (χ1v) is 12.4. The maximum Gasteiger partial charge on any atom is 0.410 e. The second kappa shape index (κ2) is 10.3. The number of anilines is 3. The van der Waals surface area contributed by atoms with E-state index in [2.05, 4.69) is 20.6 Å². The van der Waals surface area contributed by atoms with E-state index in [1.54, 1.807) is 22.3 Å². The minimum Gasteiger partial charge on any atom is -0.444 e. The summed E-state index contributed by atoms with van der Waals surface area (Å²) in [6.07, 6.45) is 4.19. The number of carbonyl (C=O) groups excluding carboxylic acids is 2.